The number of hydrogen-bond donors (Lipinski definition) is 2. The molecule has 8 heteroatoms. The van der Waals surface area contributed by atoms with Crippen molar-refractivity contribution in [2.24, 2.45) is 5.10 Å². The first-order chi connectivity index (χ1) is 16.0. The maximum Gasteiger partial charge on any atom is 0.281 e. The van der Waals surface area contributed by atoms with Gasteiger partial charge in [-0.2, -0.15) is 5.10 Å². The summed E-state index contributed by atoms with van der Waals surface area (Å²) in [6.07, 6.45) is 0. The highest BCUT2D eigenvalue weighted by Crippen LogP contribution is 2.18. The number of aromatic nitrogens is 2. The minimum Gasteiger partial charge on any atom is -0.497 e. The SMILES string of the molecule is COc1cccc(C(=O)N/N=C(/c2cccc(Br)c2)c2c(C)[nH]n(-c3ccccc3)c2=O)c1. The summed E-state index contributed by atoms with van der Waals surface area (Å²) in [7, 11) is 1.53. The molecule has 2 N–H and O–H groups in total. The van der Waals surface area contributed by atoms with Crippen molar-refractivity contribution in [2.75, 3.05) is 7.11 Å². The van der Waals surface area contributed by atoms with E-state index in [0.717, 1.165) is 4.47 Å². The van der Waals surface area contributed by atoms with Gasteiger partial charge < -0.3 is 4.74 Å². The largest absolute Gasteiger partial charge is 0.497 e. The van der Waals surface area contributed by atoms with Crippen molar-refractivity contribution >= 4 is 27.5 Å². The van der Waals surface area contributed by atoms with Gasteiger partial charge in [-0.05, 0) is 49.4 Å². The highest BCUT2D eigenvalue weighted by Gasteiger charge is 2.20. The van der Waals surface area contributed by atoms with E-state index in [0.29, 0.717) is 39.5 Å². The average molecular weight is 505 g/mol. The molecule has 0 saturated heterocycles. The van der Waals surface area contributed by atoms with Gasteiger partial charge in [-0.1, -0.05) is 52.3 Å². The van der Waals surface area contributed by atoms with Crippen LogP contribution in [0.15, 0.2) is 93.2 Å². The molecule has 0 aliphatic rings. The van der Waals surface area contributed by atoms with Crippen LogP contribution in [0.2, 0.25) is 0 Å². The van der Waals surface area contributed by atoms with Gasteiger partial charge in [-0.3, -0.25) is 14.7 Å². The van der Waals surface area contributed by atoms with Crippen molar-refractivity contribution in [1.82, 2.24) is 15.2 Å². The smallest absolute Gasteiger partial charge is 0.281 e. The number of para-hydroxylation sites is 1. The van der Waals surface area contributed by atoms with Crippen LogP contribution in [0.5, 0.6) is 5.75 Å². The molecule has 7 nitrogen and oxygen atoms in total. The molecule has 0 aliphatic carbocycles. The maximum atomic E-state index is 13.4. The fourth-order valence-corrected chi connectivity index (χ4v) is 3.82. The lowest BCUT2D eigenvalue weighted by atomic mass is 10.0. The van der Waals surface area contributed by atoms with Crippen LogP contribution in [0.25, 0.3) is 5.69 Å². The first kappa shape index (κ1) is 22.3. The minimum absolute atomic E-state index is 0.270. The van der Waals surface area contributed by atoms with E-state index in [1.807, 2.05) is 54.6 Å². The lowest BCUT2D eigenvalue weighted by Crippen LogP contribution is -2.25. The Morgan fingerprint density at radius 3 is 2.45 bits per heavy atom. The summed E-state index contributed by atoms with van der Waals surface area (Å²) in [5.41, 5.74) is 5.42. The van der Waals surface area contributed by atoms with Gasteiger partial charge in [0.1, 0.15) is 11.5 Å². The third-order valence-corrected chi connectivity index (χ3v) is 5.52. The Labute approximate surface area is 198 Å². The van der Waals surface area contributed by atoms with Crippen LogP contribution in [0.3, 0.4) is 0 Å². The standard InChI is InChI=1S/C25H21BrN4O3/c1-16-22(25(32)30(29-16)20-11-4-3-5-12-20)23(17-8-6-10-19(26)14-17)27-28-24(31)18-9-7-13-21(15-18)33-2/h3-15,29H,1-2H3,(H,28,31)/b27-23-. The molecule has 166 valence electrons. The number of amides is 1. The first-order valence-electron chi connectivity index (χ1n) is 10.1. The van der Waals surface area contributed by atoms with Crippen LogP contribution < -0.4 is 15.7 Å². The number of ether oxygens (including phenoxy) is 1. The van der Waals surface area contributed by atoms with Gasteiger partial charge in [0, 0.05) is 21.3 Å². The Kier molecular flexibility index (Phi) is 6.55. The zero-order valence-electron chi connectivity index (χ0n) is 18.0. The predicted octanol–water partition coefficient (Wildman–Crippen LogP) is 4.43. The topological polar surface area (TPSA) is 88.5 Å². The molecular formula is C25H21BrN4O3. The number of carbonyl (C=O) groups excluding carboxylic acids is 1. The molecule has 0 spiro atoms. The van der Waals surface area contributed by atoms with Gasteiger partial charge in [0.05, 0.1) is 18.4 Å². The fourth-order valence-electron chi connectivity index (χ4n) is 3.42. The summed E-state index contributed by atoms with van der Waals surface area (Å²) in [5, 5.41) is 7.50. The van der Waals surface area contributed by atoms with Crippen LogP contribution >= 0.6 is 15.9 Å². The highest BCUT2D eigenvalue weighted by molar-refractivity contribution is 9.10. The summed E-state index contributed by atoms with van der Waals surface area (Å²) in [5.74, 6) is 0.143. The van der Waals surface area contributed by atoms with Gasteiger partial charge >= 0.3 is 0 Å². The molecule has 0 bridgehead atoms. The van der Waals surface area contributed by atoms with Crippen LogP contribution in [0.4, 0.5) is 0 Å². The molecule has 1 heterocycles. The van der Waals surface area contributed by atoms with Crippen molar-refractivity contribution < 1.29 is 9.53 Å². The Bertz CT molecular complexity index is 1390. The Morgan fingerprint density at radius 2 is 1.73 bits per heavy atom. The van der Waals surface area contributed by atoms with Gasteiger partial charge in [0.15, 0.2) is 0 Å². The zero-order chi connectivity index (χ0) is 23.4. The molecule has 0 atom stereocenters. The van der Waals surface area contributed by atoms with Crippen LogP contribution in [0, 0.1) is 6.92 Å². The molecule has 33 heavy (non-hydrogen) atoms. The lowest BCUT2D eigenvalue weighted by Gasteiger charge is -2.08. The molecule has 0 saturated carbocycles. The lowest BCUT2D eigenvalue weighted by molar-refractivity contribution is 0.0954. The van der Waals surface area contributed by atoms with E-state index in [2.05, 4.69) is 31.6 Å². The number of benzene rings is 3. The van der Waals surface area contributed by atoms with Crippen molar-refractivity contribution in [3.8, 4) is 11.4 Å². The summed E-state index contributed by atoms with van der Waals surface area (Å²) >= 11 is 3.47. The number of halogens is 1. The molecule has 3 aromatic carbocycles. The molecule has 1 aromatic heterocycles. The highest BCUT2D eigenvalue weighted by atomic mass is 79.9. The number of aromatic amines is 1. The molecule has 0 radical (unpaired) electrons. The van der Waals surface area contributed by atoms with Crippen molar-refractivity contribution in [2.45, 2.75) is 6.92 Å². The van der Waals surface area contributed by atoms with E-state index in [9.17, 15) is 9.59 Å². The van der Waals surface area contributed by atoms with Crippen molar-refractivity contribution in [1.29, 1.82) is 0 Å². The van der Waals surface area contributed by atoms with Gasteiger partial charge in [-0.15, -0.1) is 0 Å². The second-order valence-corrected chi connectivity index (χ2v) is 8.15. The molecule has 4 aromatic rings. The van der Waals surface area contributed by atoms with E-state index in [4.69, 9.17) is 4.74 Å². The normalized spacial score (nSPS) is 11.3. The Hall–Kier alpha value is -3.91. The van der Waals surface area contributed by atoms with Crippen LogP contribution in [-0.4, -0.2) is 28.5 Å². The summed E-state index contributed by atoms with van der Waals surface area (Å²) < 4.78 is 7.47. The number of nitrogens with one attached hydrogen (secondary N) is 2. The van der Waals surface area contributed by atoms with E-state index in [1.165, 1.54) is 11.8 Å². The number of hydrogen-bond acceptors (Lipinski definition) is 4. The Balaban J connectivity index is 1.79. The molecular weight excluding hydrogens is 484 g/mol. The average Bonchev–Trinajstić information content (AvgIpc) is 3.13. The molecule has 1 amide bonds. The van der Waals surface area contributed by atoms with Crippen molar-refractivity contribution in [3.05, 3.63) is 116 Å². The van der Waals surface area contributed by atoms with E-state index in [1.54, 1.807) is 31.2 Å². The Morgan fingerprint density at radius 1 is 1.00 bits per heavy atom. The van der Waals surface area contributed by atoms with Gasteiger partial charge in [0.2, 0.25) is 0 Å². The number of hydrazone groups is 1. The predicted molar refractivity (Wildman–Crippen MR) is 131 cm³/mol. The number of rotatable bonds is 6. The quantitative estimate of drug-likeness (QED) is 0.300. The van der Waals surface area contributed by atoms with Crippen molar-refractivity contribution in [3.63, 3.8) is 0 Å². The fraction of sp³-hybridized carbons (Fsp3) is 0.0800. The van der Waals surface area contributed by atoms with E-state index < -0.39 is 5.91 Å². The summed E-state index contributed by atoms with van der Waals surface area (Å²) in [6.45, 7) is 1.80. The number of methoxy groups -OCH3 is 1. The number of aryl methyl sites for hydroxylation is 1. The van der Waals surface area contributed by atoms with Gasteiger partial charge in [0.25, 0.3) is 11.5 Å². The van der Waals surface area contributed by atoms with Gasteiger partial charge in [-0.25, -0.2) is 10.1 Å². The second-order valence-electron chi connectivity index (χ2n) is 7.23. The van der Waals surface area contributed by atoms with E-state index in [-0.39, 0.29) is 5.56 Å². The minimum atomic E-state index is -0.419. The van der Waals surface area contributed by atoms with Crippen LogP contribution in [-0.2, 0) is 0 Å². The molecule has 0 aliphatic heterocycles. The third-order valence-electron chi connectivity index (χ3n) is 5.02. The molecule has 0 unspecified atom stereocenters. The summed E-state index contributed by atoms with van der Waals surface area (Å²) in [6, 6.07) is 23.4. The summed E-state index contributed by atoms with van der Waals surface area (Å²) in [4.78, 5) is 26.2. The zero-order valence-corrected chi connectivity index (χ0v) is 19.6. The van der Waals surface area contributed by atoms with Crippen LogP contribution in [0.1, 0.15) is 27.2 Å². The number of carbonyl (C=O) groups is 1. The monoisotopic (exact) mass is 504 g/mol. The molecule has 4 rings (SSSR count). The van der Waals surface area contributed by atoms with E-state index >= 15 is 0 Å². The third kappa shape index (κ3) is 4.80. The maximum absolute atomic E-state index is 13.4. The number of H-pyrrole nitrogens is 1. The number of nitrogens with zero attached hydrogens (tertiary/aromatic N) is 2. The first-order valence-corrected chi connectivity index (χ1v) is 10.9. The second kappa shape index (κ2) is 9.70. The molecule has 0 fully saturated rings.